The van der Waals surface area contributed by atoms with E-state index in [1.165, 1.54) is 19.1 Å². The number of benzene rings is 2. The zero-order chi connectivity index (χ0) is 24.9. The third-order valence-electron chi connectivity index (χ3n) is 4.94. The van der Waals surface area contributed by atoms with Gasteiger partial charge in [0.05, 0.1) is 11.1 Å². The van der Waals surface area contributed by atoms with Crippen LogP contribution in [-0.2, 0) is 5.60 Å². The van der Waals surface area contributed by atoms with E-state index in [9.17, 15) is 36.6 Å². The van der Waals surface area contributed by atoms with E-state index in [-0.39, 0.29) is 28.4 Å². The Kier molecular flexibility index (Phi) is 6.39. The van der Waals surface area contributed by atoms with Crippen LogP contribution >= 0.6 is 22.6 Å². The number of hydrogen-bond acceptors (Lipinski definition) is 4. The fourth-order valence-electron chi connectivity index (χ4n) is 3.34. The molecular weight excluding hydrogens is 566 g/mol. The minimum atomic E-state index is -5.72. The molecule has 0 fully saturated rings. The zero-order valence-electron chi connectivity index (χ0n) is 17.4. The average Bonchev–Trinajstić information content (AvgIpc) is 2.87. The van der Waals surface area contributed by atoms with Gasteiger partial charge in [0.2, 0.25) is 0 Å². The van der Waals surface area contributed by atoms with Gasteiger partial charge in [-0.3, -0.25) is 9.59 Å². The first kappa shape index (κ1) is 25.1. The summed E-state index contributed by atoms with van der Waals surface area (Å²) in [6.07, 6.45) is -10.7. The highest BCUT2D eigenvalue weighted by atomic mass is 127. The number of hydrogen-bond donors (Lipinski definition) is 3. The molecule has 3 N–H and O–H groups in total. The molecule has 178 valence electrons. The van der Waals surface area contributed by atoms with E-state index < -0.39 is 41.0 Å². The van der Waals surface area contributed by atoms with Gasteiger partial charge >= 0.3 is 12.3 Å². The van der Waals surface area contributed by atoms with Gasteiger partial charge in [-0.15, -0.1) is 0 Å². The summed E-state index contributed by atoms with van der Waals surface area (Å²) in [5.74, 6) is -2.23. The second-order valence-electron chi connectivity index (χ2n) is 7.73. The lowest BCUT2D eigenvalue weighted by atomic mass is 9.91. The van der Waals surface area contributed by atoms with Crippen molar-refractivity contribution in [2.75, 3.05) is 5.32 Å². The Morgan fingerprint density at radius 1 is 1.15 bits per heavy atom. The summed E-state index contributed by atoms with van der Waals surface area (Å²) in [5.41, 5.74) is -5.82. The van der Waals surface area contributed by atoms with Gasteiger partial charge in [-0.25, -0.2) is 0 Å². The molecule has 33 heavy (non-hydrogen) atoms. The molecule has 2 aromatic rings. The Balaban J connectivity index is 2.01. The number of anilines is 1. The number of carbonyl (C=O) groups is 2. The summed E-state index contributed by atoms with van der Waals surface area (Å²) < 4.78 is 72.6. The number of fused-ring (bicyclic) bond motifs is 1. The molecule has 2 aromatic carbocycles. The molecule has 2 amide bonds. The molecule has 0 aromatic heterocycles. The number of amides is 2. The maximum atomic E-state index is 14.0. The summed E-state index contributed by atoms with van der Waals surface area (Å²) in [6, 6.07) is 5.77. The fraction of sp³-hybridized carbons (Fsp3) is 0.333. The Bertz CT molecular complexity index is 1140. The quantitative estimate of drug-likeness (QED) is 0.359. The number of alkyl halides is 5. The van der Waals surface area contributed by atoms with E-state index in [1.807, 2.05) is 22.6 Å². The highest BCUT2D eigenvalue weighted by Gasteiger charge is 2.76. The average molecular weight is 584 g/mol. The van der Waals surface area contributed by atoms with Gasteiger partial charge < -0.3 is 20.5 Å². The third kappa shape index (κ3) is 4.25. The van der Waals surface area contributed by atoms with Gasteiger partial charge in [0.1, 0.15) is 5.75 Å². The molecule has 1 heterocycles. The normalized spacial score (nSPS) is 19.1. The number of aryl methyl sites for hydroxylation is 1. The predicted octanol–water partition coefficient (Wildman–Crippen LogP) is 4.73. The number of halogens is 6. The fourth-order valence-corrected chi connectivity index (χ4v) is 4.09. The number of rotatable bonds is 4. The van der Waals surface area contributed by atoms with Gasteiger partial charge in [-0.05, 0) is 67.1 Å². The largest absolute Gasteiger partial charge is 0.441 e. The number of aliphatic hydroxyl groups is 1. The van der Waals surface area contributed by atoms with Crippen LogP contribution in [0.25, 0.3) is 0 Å². The van der Waals surface area contributed by atoms with E-state index in [0.29, 0.717) is 9.64 Å². The van der Waals surface area contributed by atoms with Gasteiger partial charge in [-0.2, -0.15) is 22.0 Å². The molecule has 3 rings (SSSR count). The Morgan fingerprint density at radius 2 is 1.79 bits per heavy atom. The van der Waals surface area contributed by atoms with E-state index in [4.69, 9.17) is 0 Å². The number of nitrogens with one attached hydrogen (secondary N) is 2. The van der Waals surface area contributed by atoms with Crippen LogP contribution in [0.2, 0.25) is 0 Å². The van der Waals surface area contributed by atoms with Crippen molar-refractivity contribution in [1.82, 2.24) is 5.32 Å². The Hall–Kier alpha value is -2.48. The second-order valence-corrected chi connectivity index (χ2v) is 8.90. The molecule has 1 atom stereocenters. The molecule has 0 spiro atoms. The van der Waals surface area contributed by atoms with Crippen molar-refractivity contribution in [2.24, 2.45) is 0 Å². The first-order valence-corrected chi connectivity index (χ1v) is 10.6. The van der Waals surface area contributed by atoms with E-state index >= 15 is 0 Å². The smallest absolute Gasteiger partial charge is 0.429 e. The van der Waals surface area contributed by atoms with Crippen molar-refractivity contribution in [3.63, 3.8) is 0 Å². The van der Waals surface area contributed by atoms with Crippen molar-refractivity contribution < 1.29 is 41.4 Å². The zero-order valence-corrected chi connectivity index (χ0v) is 19.6. The lowest BCUT2D eigenvalue weighted by molar-refractivity contribution is -0.376. The van der Waals surface area contributed by atoms with Crippen molar-refractivity contribution >= 4 is 40.1 Å². The summed E-state index contributed by atoms with van der Waals surface area (Å²) >= 11 is 1.88. The monoisotopic (exact) mass is 584 g/mol. The van der Waals surface area contributed by atoms with Crippen LogP contribution in [0, 0.1) is 10.5 Å². The molecule has 0 saturated heterocycles. The second kappa shape index (κ2) is 8.38. The molecule has 1 aliphatic rings. The topological polar surface area (TPSA) is 87.7 Å². The molecule has 0 bridgehead atoms. The highest BCUT2D eigenvalue weighted by Crippen LogP contribution is 2.57. The SMILES string of the molecule is Cc1cc2c(cc1NC(=O)c1cccc(I)c1C(=O)NC(C)C)OC(F)(F)C2(O)C(F)(F)F. The Labute approximate surface area is 198 Å². The first-order valence-electron chi connectivity index (χ1n) is 9.52. The molecule has 6 nitrogen and oxygen atoms in total. The van der Waals surface area contributed by atoms with Gasteiger partial charge in [0.25, 0.3) is 17.4 Å². The standard InChI is InChI=1S/C21H18F5IN2O4/c1-9(2)28-18(31)16-11(5-4-6-13(16)27)17(30)29-14-8-15-12(7-10(14)3)19(32,20(22,23)24)21(25,26)33-15/h4-9,32H,1-3H3,(H,28,31)(H,29,30). The van der Waals surface area contributed by atoms with Crippen LogP contribution in [0.4, 0.5) is 27.6 Å². The number of ether oxygens (including phenoxy) is 1. The van der Waals surface area contributed by atoms with Crippen LogP contribution in [0.5, 0.6) is 5.75 Å². The summed E-state index contributed by atoms with van der Waals surface area (Å²) in [4.78, 5) is 25.5. The van der Waals surface area contributed by atoms with Crippen LogP contribution in [0.1, 0.15) is 45.7 Å². The maximum Gasteiger partial charge on any atom is 0.441 e. The Morgan fingerprint density at radius 3 is 2.36 bits per heavy atom. The minimum absolute atomic E-state index is 0.0296. The third-order valence-corrected chi connectivity index (χ3v) is 5.84. The highest BCUT2D eigenvalue weighted by molar-refractivity contribution is 14.1. The predicted molar refractivity (Wildman–Crippen MR) is 116 cm³/mol. The molecule has 0 radical (unpaired) electrons. The summed E-state index contributed by atoms with van der Waals surface area (Å²) in [6.45, 7) is 4.74. The van der Waals surface area contributed by atoms with Crippen LogP contribution in [-0.4, -0.2) is 35.2 Å². The number of carbonyl (C=O) groups excluding carboxylic acids is 2. The van der Waals surface area contributed by atoms with Crippen LogP contribution in [0.15, 0.2) is 30.3 Å². The molecule has 1 unspecified atom stereocenters. The summed E-state index contributed by atoms with van der Waals surface area (Å²) in [5, 5.41) is 14.9. The van der Waals surface area contributed by atoms with Crippen LogP contribution < -0.4 is 15.4 Å². The lowest BCUT2D eigenvalue weighted by Gasteiger charge is -2.29. The van der Waals surface area contributed by atoms with Gasteiger partial charge in [0, 0.05) is 26.9 Å². The molecule has 1 aliphatic heterocycles. The minimum Gasteiger partial charge on any atom is -0.429 e. The van der Waals surface area contributed by atoms with E-state index in [1.54, 1.807) is 19.9 Å². The van der Waals surface area contributed by atoms with Crippen molar-refractivity contribution in [3.8, 4) is 5.75 Å². The van der Waals surface area contributed by atoms with Crippen molar-refractivity contribution in [1.29, 1.82) is 0 Å². The van der Waals surface area contributed by atoms with Gasteiger partial charge in [-0.1, -0.05) is 6.07 Å². The lowest BCUT2D eigenvalue weighted by Crippen LogP contribution is -2.54. The van der Waals surface area contributed by atoms with Crippen LogP contribution in [0.3, 0.4) is 0 Å². The summed E-state index contributed by atoms with van der Waals surface area (Å²) in [7, 11) is 0. The first-order chi connectivity index (χ1) is 15.1. The van der Waals surface area contributed by atoms with Crippen molar-refractivity contribution in [2.45, 2.75) is 44.7 Å². The van der Waals surface area contributed by atoms with E-state index in [0.717, 1.165) is 6.07 Å². The molecule has 0 saturated carbocycles. The van der Waals surface area contributed by atoms with Gasteiger partial charge in [0.15, 0.2) is 0 Å². The molecule has 0 aliphatic carbocycles. The molecule has 12 heteroatoms. The molecular formula is C21H18F5IN2O4. The van der Waals surface area contributed by atoms with E-state index in [2.05, 4.69) is 15.4 Å². The maximum absolute atomic E-state index is 14.0. The van der Waals surface area contributed by atoms with Crippen molar-refractivity contribution in [3.05, 3.63) is 56.2 Å².